The zero-order valence-corrected chi connectivity index (χ0v) is 12.1. The first-order chi connectivity index (χ1) is 9.54. The van der Waals surface area contributed by atoms with Gasteiger partial charge in [-0.2, -0.15) is 0 Å². The van der Waals surface area contributed by atoms with Crippen molar-refractivity contribution in [2.75, 3.05) is 6.61 Å². The maximum Gasteiger partial charge on any atom is 0.341 e. The van der Waals surface area contributed by atoms with Crippen LogP contribution >= 0.6 is 0 Å². The summed E-state index contributed by atoms with van der Waals surface area (Å²) in [4.78, 5) is 16.3. The number of ether oxygens (including phenoxy) is 1. The second-order valence-electron chi connectivity index (χ2n) is 5.08. The largest absolute Gasteiger partial charge is 0.462 e. The topological polar surface area (TPSA) is 50.7 Å². The number of rotatable bonds is 4. The van der Waals surface area contributed by atoms with Gasteiger partial charge in [-0.05, 0) is 26.3 Å². The Hall–Kier alpha value is -2.10. The van der Waals surface area contributed by atoms with Gasteiger partial charge in [-0.3, -0.25) is 4.99 Å². The molecule has 1 aliphatic heterocycles. The fourth-order valence-corrected chi connectivity index (χ4v) is 2.31. The van der Waals surface area contributed by atoms with Gasteiger partial charge in [-0.25, -0.2) is 4.79 Å². The molecule has 2 rings (SSSR count). The maximum atomic E-state index is 11.8. The number of nitrogens with zero attached hydrogens (tertiary/aromatic N) is 1. The monoisotopic (exact) mass is 272 g/mol. The molecule has 1 aromatic carbocycles. The van der Waals surface area contributed by atoms with E-state index < -0.39 is 5.66 Å². The molecule has 1 aliphatic rings. The summed E-state index contributed by atoms with van der Waals surface area (Å²) in [5.74, 6) is -0.331. The van der Waals surface area contributed by atoms with Crippen LogP contribution in [0.3, 0.4) is 0 Å². The van der Waals surface area contributed by atoms with E-state index in [4.69, 9.17) is 4.74 Å². The van der Waals surface area contributed by atoms with Crippen molar-refractivity contribution in [2.24, 2.45) is 4.99 Å². The third kappa shape index (κ3) is 3.26. The van der Waals surface area contributed by atoms with Crippen molar-refractivity contribution in [3.63, 3.8) is 0 Å². The van der Waals surface area contributed by atoms with Crippen molar-refractivity contribution in [2.45, 2.75) is 32.9 Å². The highest BCUT2D eigenvalue weighted by Crippen LogP contribution is 2.21. The van der Waals surface area contributed by atoms with Crippen molar-refractivity contribution < 1.29 is 9.53 Å². The lowest BCUT2D eigenvalue weighted by Gasteiger charge is -2.32. The number of benzene rings is 1. The predicted molar refractivity (Wildman–Crippen MR) is 79.5 cm³/mol. The quantitative estimate of drug-likeness (QED) is 0.857. The van der Waals surface area contributed by atoms with Gasteiger partial charge in [0.2, 0.25) is 0 Å². The van der Waals surface area contributed by atoms with Crippen molar-refractivity contribution >= 4 is 12.2 Å². The van der Waals surface area contributed by atoms with E-state index in [2.05, 4.69) is 22.4 Å². The molecule has 0 fully saturated rings. The Morgan fingerprint density at radius 1 is 1.35 bits per heavy atom. The minimum absolute atomic E-state index is 0.331. The van der Waals surface area contributed by atoms with Crippen LogP contribution in [0.15, 0.2) is 46.6 Å². The molecule has 20 heavy (non-hydrogen) atoms. The van der Waals surface area contributed by atoms with Crippen LogP contribution in [-0.4, -0.2) is 24.5 Å². The molecule has 1 atom stereocenters. The molecule has 0 spiro atoms. The molecule has 1 unspecified atom stereocenters. The second kappa shape index (κ2) is 5.90. The van der Waals surface area contributed by atoms with Crippen molar-refractivity contribution in [3.8, 4) is 0 Å². The van der Waals surface area contributed by atoms with E-state index in [9.17, 15) is 4.79 Å². The average Bonchev–Trinajstić information content (AvgIpc) is 2.39. The standard InChI is InChI=1S/C16H20N2O2/c1-4-20-15(19)14-11-17-16(3,18-12(14)2)10-13-8-6-5-7-9-13/h5-9,11,18H,4,10H2,1-3H3. The zero-order chi connectivity index (χ0) is 14.6. The van der Waals surface area contributed by atoms with E-state index >= 15 is 0 Å². The van der Waals surface area contributed by atoms with Crippen molar-refractivity contribution in [1.29, 1.82) is 0 Å². The summed E-state index contributed by atoms with van der Waals surface area (Å²) in [6.07, 6.45) is 2.38. The van der Waals surface area contributed by atoms with Gasteiger partial charge in [0.25, 0.3) is 0 Å². The highest BCUT2D eigenvalue weighted by molar-refractivity contribution is 6.10. The summed E-state index contributed by atoms with van der Waals surface area (Å²) in [6, 6.07) is 10.2. The molecule has 0 radical (unpaired) electrons. The number of carbonyl (C=O) groups excluding carboxylic acids is 1. The summed E-state index contributed by atoms with van der Waals surface area (Å²) < 4.78 is 5.01. The number of esters is 1. The Bertz CT molecular complexity index is 549. The summed E-state index contributed by atoms with van der Waals surface area (Å²) in [6.45, 7) is 6.05. The minimum Gasteiger partial charge on any atom is -0.462 e. The first-order valence-corrected chi connectivity index (χ1v) is 6.79. The summed E-state index contributed by atoms with van der Waals surface area (Å²) in [5, 5.41) is 3.31. The molecular formula is C16H20N2O2. The van der Waals surface area contributed by atoms with Gasteiger partial charge in [0.15, 0.2) is 0 Å². The van der Waals surface area contributed by atoms with E-state index in [-0.39, 0.29) is 5.97 Å². The summed E-state index contributed by atoms with van der Waals surface area (Å²) >= 11 is 0. The Labute approximate surface area is 119 Å². The molecule has 4 nitrogen and oxygen atoms in total. The van der Waals surface area contributed by atoms with Crippen LogP contribution in [0.5, 0.6) is 0 Å². The molecule has 0 amide bonds. The molecule has 106 valence electrons. The van der Waals surface area contributed by atoms with Gasteiger partial charge >= 0.3 is 5.97 Å². The summed E-state index contributed by atoms with van der Waals surface area (Å²) in [5.41, 5.74) is 2.07. The predicted octanol–water partition coefficient (Wildman–Crippen LogP) is 2.46. The smallest absolute Gasteiger partial charge is 0.341 e. The van der Waals surface area contributed by atoms with Crippen LogP contribution in [0.4, 0.5) is 0 Å². The first-order valence-electron chi connectivity index (χ1n) is 6.79. The van der Waals surface area contributed by atoms with Gasteiger partial charge in [0.05, 0.1) is 12.2 Å². The molecule has 1 N–H and O–H groups in total. The highest BCUT2D eigenvalue weighted by Gasteiger charge is 2.28. The lowest BCUT2D eigenvalue weighted by Crippen LogP contribution is -2.45. The highest BCUT2D eigenvalue weighted by atomic mass is 16.5. The average molecular weight is 272 g/mol. The van der Waals surface area contributed by atoms with E-state index in [0.29, 0.717) is 12.2 Å². The van der Waals surface area contributed by atoms with Crippen molar-refractivity contribution in [3.05, 3.63) is 47.2 Å². The normalized spacial score (nSPS) is 21.6. The molecule has 0 bridgehead atoms. The van der Waals surface area contributed by atoms with Gasteiger partial charge in [-0.15, -0.1) is 0 Å². The maximum absolute atomic E-state index is 11.8. The van der Waals surface area contributed by atoms with E-state index in [1.165, 1.54) is 5.56 Å². The van der Waals surface area contributed by atoms with Crippen LogP contribution in [0, 0.1) is 0 Å². The molecule has 0 aliphatic carbocycles. The fourth-order valence-electron chi connectivity index (χ4n) is 2.31. The molecule has 4 heteroatoms. The number of nitrogens with one attached hydrogen (secondary N) is 1. The Balaban J connectivity index is 2.12. The van der Waals surface area contributed by atoms with Gasteiger partial charge in [-0.1, -0.05) is 30.3 Å². The number of carbonyl (C=O) groups is 1. The lowest BCUT2D eigenvalue weighted by atomic mass is 9.99. The van der Waals surface area contributed by atoms with Gasteiger partial charge in [0, 0.05) is 18.3 Å². The first kappa shape index (κ1) is 14.3. The number of allylic oxidation sites excluding steroid dienone is 1. The van der Waals surface area contributed by atoms with Crippen LogP contribution in [0.25, 0.3) is 0 Å². The van der Waals surface area contributed by atoms with E-state index in [0.717, 1.165) is 12.1 Å². The Morgan fingerprint density at radius 2 is 2.05 bits per heavy atom. The number of hydrogen-bond acceptors (Lipinski definition) is 4. The lowest BCUT2D eigenvalue weighted by molar-refractivity contribution is -0.137. The molecule has 1 aromatic rings. The SMILES string of the molecule is CCOC(=O)C1=C(C)NC(C)(Cc2ccccc2)N=C1. The number of hydrogen-bond donors (Lipinski definition) is 1. The zero-order valence-electron chi connectivity index (χ0n) is 12.1. The van der Waals surface area contributed by atoms with Gasteiger partial charge < -0.3 is 10.1 Å². The van der Waals surface area contributed by atoms with Crippen LogP contribution in [0.2, 0.25) is 0 Å². The molecule has 0 saturated carbocycles. The summed E-state index contributed by atoms with van der Waals surface area (Å²) in [7, 11) is 0. The van der Waals surface area contributed by atoms with E-state index in [1.807, 2.05) is 32.0 Å². The second-order valence-corrected chi connectivity index (χ2v) is 5.08. The fraction of sp³-hybridized carbons (Fsp3) is 0.375. The molecular weight excluding hydrogens is 252 g/mol. The third-order valence-electron chi connectivity index (χ3n) is 3.23. The Kier molecular flexibility index (Phi) is 4.23. The molecule has 1 heterocycles. The van der Waals surface area contributed by atoms with Crippen LogP contribution in [0.1, 0.15) is 26.3 Å². The van der Waals surface area contributed by atoms with E-state index in [1.54, 1.807) is 13.1 Å². The third-order valence-corrected chi connectivity index (χ3v) is 3.23. The van der Waals surface area contributed by atoms with Crippen molar-refractivity contribution in [1.82, 2.24) is 5.32 Å². The number of aliphatic imine (C=N–C) groups is 1. The molecule has 0 aromatic heterocycles. The minimum atomic E-state index is -0.429. The molecule has 0 saturated heterocycles. The van der Waals surface area contributed by atoms with Crippen LogP contribution < -0.4 is 5.32 Å². The van der Waals surface area contributed by atoms with Gasteiger partial charge in [0.1, 0.15) is 5.66 Å². The van der Waals surface area contributed by atoms with Crippen LogP contribution in [-0.2, 0) is 16.0 Å². The Morgan fingerprint density at radius 3 is 2.65 bits per heavy atom.